The van der Waals surface area contributed by atoms with Crippen LogP contribution >= 0.6 is 15.9 Å². The summed E-state index contributed by atoms with van der Waals surface area (Å²) in [4.78, 5) is 6.96. The number of nitriles is 1. The van der Waals surface area contributed by atoms with E-state index in [-0.39, 0.29) is 0 Å². The van der Waals surface area contributed by atoms with Gasteiger partial charge >= 0.3 is 0 Å². The Kier molecular flexibility index (Phi) is 5.17. The molecule has 1 fully saturated rings. The van der Waals surface area contributed by atoms with Gasteiger partial charge in [0.05, 0.1) is 17.9 Å². The van der Waals surface area contributed by atoms with E-state index in [1.54, 1.807) is 6.07 Å². The van der Waals surface area contributed by atoms with Crippen molar-refractivity contribution in [2.75, 3.05) is 18.1 Å². The Balaban J connectivity index is 1.89. The molecule has 0 unspecified atom stereocenters. The molecule has 5 heteroatoms. The summed E-state index contributed by atoms with van der Waals surface area (Å²) in [5.74, 6) is 1.87. The van der Waals surface area contributed by atoms with Crippen molar-refractivity contribution in [2.45, 2.75) is 19.8 Å². The topological polar surface area (TPSA) is 48.6 Å². The quantitative estimate of drug-likeness (QED) is 0.741. The van der Waals surface area contributed by atoms with Crippen molar-refractivity contribution in [3.05, 3.63) is 52.5 Å². The Labute approximate surface area is 150 Å². The second-order valence-electron chi connectivity index (χ2n) is 5.48. The molecule has 2 aromatic carbocycles. The molecule has 0 spiro atoms. The highest BCUT2D eigenvalue weighted by Crippen LogP contribution is 2.28. The van der Waals surface area contributed by atoms with Crippen LogP contribution in [0.3, 0.4) is 0 Å². The molecule has 2 aromatic rings. The van der Waals surface area contributed by atoms with Crippen molar-refractivity contribution >= 4 is 33.1 Å². The smallest absolute Gasteiger partial charge is 0.119 e. The lowest BCUT2D eigenvalue weighted by molar-refractivity contribution is 0.340. The van der Waals surface area contributed by atoms with E-state index in [2.05, 4.69) is 39.0 Å². The van der Waals surface area contributed by atoms with E-state index in [0.717, 1.165) is 41.1 Å². The van der Waals surface area contributed by atoms with Crippen LogP contribution in [0.1, 0.15) is 25.3 Å². The molecular formula is C19H18BrN3O. The monoisotopic (exact) mass is 383 g/mol. The fourth-order valence-electron chi connectivity index (χ4n) is 2.78. The minimum Gasteiger partial charge on any atom is -0.494 e. The van der Waals surface area contributed by atoms with Gasteiger partial charge in [0, 0.05) is 23.1 Å². The first-order chi connectivity index (χ1) is 11.7. The van der Waals surface area contributed by atoms with Gasteiger partial charge in [0.25, 0.3) is 0 Å². The molecule has 0 radical (unpaired) electrons. The second-order valence-corrected chi connectivity index (χ2v) is 6.40. The van der Waals surface area contributed by atoms with E-state index >= 15 is 0 Å². The number of anilines is 1. The maximum absolute atomic E-state index is 9.31. The van der Waals surface area contributed by atoms with Gasteiger partial charge in [-0.2, -0.15) is 5.26 Å². The summed E-state index contributed by atoms with van der Waals surface area (Å²) >= 11 is 3.40. The predicted molar refractivity (Wildman–Crippen MR) is 100 cm³/mol. The second kappa shape index (κ2) is 7.50. The molecule has 24 heavy (non-hydrogen) atoms. The maximum Gasteiger partial charge on any atom is 0.119 e. The summed E-state index contributed by atoms with van der Waals surface area (Å²) in [6, 6.07) is 15.9. The Morgan fingerprint density at radius 2 is 2.04 bits per heavy atom. The minimum absolute atomic E-state index is 0.579. The van der Waals surface area contributed by atoms with Gasteiger partial charge in [0.1, 0.15) is 17.7 Å². The van der Waals surface area contributed by atoms with Gasteiger partial charge in [0.15, 0.2) is 0 Å². The molecule has 0 aliphatic carbocycles. The lowest BCUT2D eigenvalue weighted by Crippen LogP contribution is -2.23. The normalized spacial score (nSPS) is 15.5. The fourth-order valence-corrected chi connectivity index (χ4v) is 3.14. The minimum atomic E-state index is 0.579. The van der Waals surface area contributed by atoms with Crippen LogP contribution in [-0.4, -0.2) is 19.0 Å². The van der Waals surface area contributed by atoms with Gasteiger partial charge in [-0.3, -0.25) is 0 Å². The van der Waals surface area contributed by atoms with Crippen molar-refractivity contribution < 1.29 is 4.74 Å². The molecule has 0 bridgehead atoms. The standard InChI is InChI=1S/C19H18BrN3O/c1-2-24-17-8-6-16(7-9-17)23-11-3-4-19(23)22-18-10-5-15(20)12-14(18)13-21/h5-10,12H,2-4,11H2,1H3. The largest absolute Gasteiger partial charge is 0.494 e. The molecule has 0 N–H and O–H groups in total. The van der Waals surface area contributed by atoms with Gasteiger partial charge < -0.3 is 9.64 Å². The van der Waals surface area contributed by atoms with Crippen molar-refractivity contribution in [3.63, 3.8) is 0 Å². The number of aliphatic imine (C=N–C) groups is 1. The lowest BCUT2D eigenvalue weighted by Gasteiger charge is -2.19. The van der Waals surface area contributed by atoms with Crippen LogP contribution in [0.15, 0.2) is 51.9 Å². The highest BCUT2D eigenvalue weighted by Gasteiger charge is 2.20. The van der Waals surface area contributed by atoms with E-state index in [1.165, 1.54) is 0 Å². The van der Waals surface area contributed by atoms with Crippen LogP contribution in [0.2, 0.25) is 0 Å². The SMILES string of the molecule is CCOc1ccc(N2CCCC2=Nc2ccc(Br)cc2C#N)cc1. The zero-order chi connectivity index (χ0) is 16.9. The van der Waals surface area contributed by atoms with Gasteiger partial charge in [-0.05, 0) is 55.8 Å². The number of amidine groups is 1. The molecule has 3 rings (SSSR count). The molecule has 1 saturated heterocycles. The highest BCUT2D eigenvalue weighted by atomic mass is 79.9. The van der Waals surface area contributed by atoms with Crippen molar-refractivity contribution in [1.82, 2.24) is 0 Å². The molecule has 122 valence electrons. The van der Waals surface area contributed by atoms with Crippen LogP contribution < -0.4 is 9.64 Å². The van der Waals surface area contributed by atoms with Gasteiger partial charge in [0.2, 0.25) is 0 Å². The third kappa shape index (κ3) is 3.60. The number of rotatable bonds is 4. The molecule has 4 nitrogen and oxygen atoms in total. The van der Waals surface area contributed by atoms with E-state index in [9.17, 15) is 5.26 Å². The summed E-state index contributed by atoms with van der Waals surface area (Å²) in [6.07, 6.45) is 1.97. The van der Waals surface area contributed by atoms with Crippen LogP contribution in [0.25, 0.3) is 0 Å². The Hall–Kier alpha value is -2.32. The molecule has 0 amide bonds. The van der Waals surface area contributed by atoms with E-state index in [1.807, 2.05) is 31.2 Å². The van der Waals surface area contributed by atoms with E-state index < -0.39 is 0 Å². The average molecular weight is 384 g/mol. The molecule has 1 heterocycles. The summed E-state index contributed by atoms with van der Waals surface area (Å²) in [5, 5.41) is 9.31. The molecule has 1 aliphatic rings. The number of halogens is 1. The third-order valence-electron chi connectivity index (χ3n) is 3.88. The third-order valence-corrected chi connectivity index (χ3v) is 4.37. The first kappa shape index (κ1) is 16.5. The summed E-state index contributed by atoms with van der Waals surface area (Å²) in [7, 11) is 0. The number of hydrogen-bond acceptors (Lipinski definition) is 3. The first-order valence-electron chi connectivity index (χ1n) is 7.99. The average Bonchev–Trinajstić information content (AvgIpc) is 3.05. The number of ether oxygens (including phenoxy) is 1. The number of hydrogen-bond donors (Lipinski definition) is 0. The Morgan fingerprint density at radius 3 is 2.75 bits per heavy atom. The Bertz CT molecular complexity index is 793. The Morgan fingerprint density at radius 1 is 1.25 bits per heavy atom. The van der Waals surface area contributed by atoms with Gasteiger partial charge in [-0.1, -0.05) is 15.9 Å². The van der Waals surface area contributed by atoms with Crippen molar-refractivity contribution in [3.8, 4) is 11.8 Å². The molecule has 0 atom stereocenters. The molecule has 1 aliphatic heterocycles. The van der Waals surface area contributed by atoms with Crippen LogP contribution in [0.5, 0.6) is 5.75 Å². The lowest BCUT2D eigenvalue weighted by atomic mass is 10.2. The predicted octanol–water partition coefficient (Wildman–Crippen LogP) is 5.05. The van der Waals surface area contributed by atoms with E-state index in [0.29, 0.717) is 17.9 Å². The molecule has 0 aromatic heterocycles. The van der Waals surface area contributed by atoms with E-state index in [4.69, 9.17) is 9.73 Å². The number of benzene rings is 2. The van der Waals surface area contributed by atoms with Gasteiger partial charge in [-0.25, -0.2) is 4.99 Å². The van der Waals surface area contributed by atoms with Crippen LogP contribution in [0, 0.1) is 11.3 Å². The summed E-state index contributed by atoms with van der Waals surface area (Å²) in [5.41, 5.74) is 2.40. The van der Waals surface area contributed by atoms with Crippen molar-refractivity contribution in [1.29, 1.82) is 5.26 Å². The first-order valence-corrected chi connectivity index (χ1v) is 8.78. The van der Waals surface area contributed by atoms with Crippen molar-refractivity contribution in [2.24, 2.45) is 4.99 Å². The highest BCUT2D eigenvalue weighted by molar-refractivity contribution is 9.10. The zero-order valence-electron chi connectivity index (χ0n) is 13.5. The van der Waals surface area contributed by atoms with Gasteiger partial charge in [-0.15, -0.1) is 0 Å². The van der Waals surface area contributed by atoms with Crippen LogP contribution in [-0.2, 0) is 0 Å². The maximum atomic E-state index is 9.31. The number of nitrogens with zero attached hydrogens (tertiary/aromatic N) is 3. The molecule has 0 saturated carbocycles. The van der Waals surface area contributed by atoms with Crippen LogP contribution in [0.4, 0.5) is 11.4 Å². The fraction of sp³-hybridized carbons (Fsp3) is 0.263. The summed E-state index contributed by atoms with van der Waals surface area (Å²) < 4.78 is 6.39. The summed E-state index contributed by atoms with van der Waals surface area (Å²) in [6.45, 7) is 3.58. The zero-order valence-corrected chi connectivity index (χ0v) is 15.1. The molecular weight excluding hydrogens is 366 g/mol.